The van der Waals surface area contributed by atoms with Gasteiger partial charge < -0.3 is 9.84 Å². The highest BCUT2D eigenvalue weighted by molar-refractivity contribution is 7.91. The second-order valence-corrected chi connectivity index (χ2v) is 7.12. The molecule has 7 nitrogen and oxygen atoms in total. The van der Waals surface area contributed by atoms with Gasteiger partial charge in [-0.2, -0.15) is 4.31 Å². The second kappa shape index (κ2) is 5.53. The van der Waals surface area contributed by atoms with Crippen molar-refractivity contribution in [1.82, 2.24) is 9.29 Å². The maximum atomic E-state index is 12.4. The summed E-state index contributed by atoms with van der Waals surface area (Å²) in [5, 5.41) is 8.94. The number of hydrogen-bond acceptors (Lipinski definition) is 6. The standard InChI is InChI=1S/C10H14N2O5S2/c1-17-7-2-4-12(5-3-7)19(15,16)10-8(9(13)14)11-6-18-10/h6-7H,2-5H2,1H3,(H,13,14). The number of piperidine rings is 1. The van der Waals surface area contributed by atoms with Crippen LogP contribution in [0.1, 0.15) is 23.3 Å². The minimum absolute atomic E-state index is 0.0619. The first kappa shape index (κ1) is 14.4. The summed E-state index contributed by atoms with van der Waals surface area (Å²) in [6.45, 7) is 0.662. The molecule has 1 saturated heterocycles. The number of carboxylic acids is 1. The number of aromatic carboxylic acids is 1. The van der Waals surface area contributed by atoms with Crippen LogP contribution in [0.4, 0.5) is 0 Å². The van der Waals surface area contributed by atoms with E-state index in [2.05, 4.69) is 4.98 Å². The van der Waals surface area contributed by atoms with Crippen molar-refractivity contribution < 1.29 is 23.1 Å². The van der Waals surface area contributed by atoms with E-state index in [1.807, 2.05) is 0 Å². The summed E-state index contributed by atoms with van der Waals surface area (Å²) in [6, 6.07) is 0. The quantitative estimate of drug-likeness (QED) is 0.877. The lowest BCUT2D eigenvalue weighted by atomic mass is 10.1. The van der Waals surface area contributed by atoms with Gasteiger partial charge in [-0.25, -0.2) is 18.2 Å². The summed E-state index contributed by atoms with van der Waals surface area (Å²) in [6.07, 6.45) is 1.28. The van der Waals surface area contributed by atoms with Crippen molar-refractivity contribution in [2.45, 2.75) is 23.2 Å². The van der Waals surface area contributed by atoms with Crippen molar-refractivity contribution >= 4 is 27.3 Å². The number of carbonyl (C=O) groups is 1. The van der Waals surface area contributed by atoms with Gasteiger partial charge in [0.2, 0.25) is 0 Å². The van der Waals surface area contributed by atoms with Crippen LogP contribution in [0.3, 0.4) is 0 Å². The van der Waals surface area contributed by atoms with Crippen LogP contribution in [0.2, 0.25) is 0 Å². The molecule has 0 radical (unpaired) electrons. The number of sulfonamides is 1. The number of aromatic nitrogens is 1. The molecule has 0 bridgehead atoms. The van der Waals surface area contributed by atoms with Crippen molar-refractivity contribution in [2.75, 3.05) is 20.2 Å². The summed E-state index contributed by atoms with van der Waals surface area (Å²) in [5.41, 5.74) is 0.831. The minimum Gasteiger partial charge on any atom is -0.476 e. The van der Waals surface area contributed by atoms with Gasteiger partial charge in [-0.1, -0.05) is 0 Å². The van der Waals surface area contributed by atoms with Crippen molar-refractivity contribution in [3.8, 4) is 0 Å². The molecule has 0 atom stereocenters. The van der Waals surface area contributed by atoms with Gasteiger partial charge in [0.05, 0.1) is 11.6 Å². The Labute approximate surface area is 114 Å². The van der Waals surface area contributed by atoms with E-state index >= 15 is 0 Å². The molecule has 0 aromatic carbocycles. The van der Waals surface area contributed by atoms with Gasteiger partial charge >= 0.3 is 5.97 Å². The molecule has 1 aromatic heterocycles. The van der Waals surface area contributed by atoms with E-state index < -0.39 is 21.7 Å². The Morgan fingerprint density at radius 3 is 2.68 bits per heavy atom. The third-order valence-electron chi connectivity index (χ3n) is 3.05. The van der Waals surface area contributed by atoms with Crippen molar-refractivity contribution in [2.24, 2.45) is 0 Å². The molecular formula is C10H14N2O5S2. The summed E-state index contributed by atoms with van der Waals surface area (Å²) in [5.74, 6) is -1.33. The molecule has 0 aliphatic carbocycles. The van der Waals surface area contributed by atoms with E-state index in [-0.39, 0.29) is 10.3 Å². The fourth-order valence-electron chi connectivity index (χ4n) is 1.99. The number of ether oxygens (including phenoxy) is 1. The van der Waals surface area contributed by atoms with Gasteiger partial charge in [0.15, 0.2) is 9.90 Å². The highest BCUT2D eigenvalue weighted by Crippen LogP contribution is 2.27. The van der Waals surface area contributed by atoms with Gasteiger partial charge in [0.1, 0.15) is 0 Å². The Hall–Kier alpha value is -1.03. The summed E-state index contributed by atoms with van der Waals surface area (Å²) < 4.78 is 31.0. The lowest BCUT2D eigenvalue weighted by Gasteiger charge is -2.29. The molecular weight excluding hydrogens is 292 g/mol. The maximum Gasteiger partial charge on any atom is 0.356 e. The topological polar surface area (TPSA) is 96.8 Å². The van der Waals surface area contributed by atoms with E-state index in [0.717, 1.165) is 11.3 Å². The molecule has 0 spiro atoms. The van der Waals surface area contributed by atoms with Crippen LogP contribution in [0.15, 0.2) is 9.72 Å². The van der Waals surface area contributed by atoms with Crippen LogP contribution in [0, 0.1) is 0 Å². The van der Waals surface area contributed by atoms with Crippen molar-refractivity contribution in [1.29, 1.82) is 0 Å². The first-order valence-electron chi connectivity index (χ1n) is 5.66. The highest BCUT2D eigenvalue weighted by atomic mass is 32.2. The zero-order valence-electron chi connectivity index (χ0n) is 10.3. The first-order chi connectivity index (χ1) is 8.96. The Bertz CT molecular complexity index is 560. The molecule has 2 heterocycles. The molecule has 2 rings (SSSR count). The van der Waals surface area contributed by atoms with Crippen LogP contribution >= 0.6 is 11.3 Å². The fraction of sp³-hybridized carbons (Fsp3) is 0.600. The SMILES string of the molecule is COC1CCN(S(=O)(=O)c2scnc2C(=O)O)CC1. The molecule has 1 aliphatic heterocycles. The Morgan fingerprint density at radius 2 is 2.16 bits per heavy atom. The zero-order chi connectivity index (χ0) is 14.0. The molecule has 9 heteroatoms. The van der Waals surface area contributed by atoms with Crippen molar-refractivity contribution in [3.05, 3.63) is 11.2 Å². The highest BCUT2D eigenvalue weighted by Gasteiger charge is 2.34. The Kier molecular flexibility index (Phi) is 4.19. The number of hydrogen-bond donors (Lipinski definition) is 1. The van der Waals surface area contributed by atoms with E-state index in [1.165, 1.54) is 9.82 Å². The largest absolute Gasteiger partial charge is 0.476 e. The molecule has 19 heavy (non-hydrogen) atoms. The number of carboxylic acid groups (broad SMARTS) is 1. The lowest BCUT2D eigenvalue weighted by molar-refractivity contribution is 0.0602. The van der Waals surface area contributed by atoms with Crippen LogP contribution in [-0.2, 0) is 14.8 Å². The van der Waals surface area contributed by atoms with Crippen LogP contribution in [0.5, 0.6) is 0 Å². The average molecular weight is 306 g/mol. The summed E-state index contributed by atoms with van der Waals surface area (Å²) >= 11 is 0.832. The molecule has 1 N–H and O–H groups in total. The van der Waals surface area contributed by atoms with E-state index in [0.29, 0.717) is 25.9 Å². The molecule has 1 aliphatic rings. The fourth-order valence-corrected chi connectivity index (χ4v) is 4.73. The maximum absolute atomic E-state index is 12.4. The lowest BCUT2D eigenvalue weighted by Crippen LogP contribution is -2.40. The zero-order valence-corrected chi connectivity index (χ0v) is 11.9. The van der Waals surface area contributed by atoms with Gasteiger partial charge in [0.25, 0.3) is 10.0 Å². The summed E-state index contributed by atoms with van der Waals surface area (Å²) in [7, 11) is -2.18. The molecule has 106 valence electrons. The molecule has 0 saturated carbocycles. The summed E-state index contributed by atoms with van der Waals surface area (Å²) in [4.78, 5) is 14.5. The average Bonchev–Trinajstić information content (AvgIpc) is 2.89. The normalized spacial score (nSPS) is 18.6. The predicted octanol–water partition coefficient (Wildman–Crippen LogP) is 0.641. The van der Waals surface area contributed by atoms with Gasteiger partial charge in [-0.3, -0.25) is 0 Å². The van der Waals surface area contributed by atoms with Crippen LogP contribution in [-0.4, -0.2) is 55.1 Å². The number of rotatable bonds is 4. The molecule has 0 amide bonds. The first-order valence-corrected chi connectivity index (χ1v) is 7.98. The van der Waals surface area contributed by atoms with E-state index in [9.17, 15) is 13.2 Å². The second-order valence-electron chi connectivity index (χ2n) is 4.13. The van der Waals surface area contributed by atoms with Gasteiger partial charge in [-0.15, -0.1) is 11.3 Å². The Morgan fingerprint density at radius 1 is 1.53 bits per heavy atom. The van der Waals surface area contributed by atoms with Gasteiger partial charge in [-0.05, 0) is 12.8 Å². The minimum atomic E-state index is -3.77. The monoisotopic (exact) mass is 306 g/mol. The third kappa shape index (κ3) is 2.78. The molecule has 1 fully saturated rings. The number of methoxy groups -OCH3 is 1. The van der Waals surface area contributed by atoms with Crippen molar-refractivity contribution in [3.63, 3.8) is 0 Å². The molecule has 0 unspecified atom stereocenters. The van der Waals surface area contributed by atoms with Gasteiger partial charge in [0, 0.05) is 20.2 Å². The third-order valence-corrected chi connectivity index (χ3v) is 6.29. The van der Waals surface area contributed by atoms with E-state index in [1.54, 1.807) is 7.11 Å². The molecule has 1 aromatic rings. The van der Waals surface area contributed by atoms with Crippen LogP contribution < -0.4 is 0 Å². The smallest absolute Gasteiger partial charge is 0.356 e. The van der Waals surface area contributed by atoms with Crippen LogP contribution in [0.25, 0.3) is 0 Å². The predicted molar refractivity (Wildman–Crippen MR) is 67.9 cm³/mol. The van der Waals surface area contributed by atoms with E-state index in [4.69, 9.17) is 9.84 Å². The number of nitrogens with zero attached hydrogens (tertiary/aromatic N) is 2. The Balaban J connectivity index is 2.23. The number of thiazole rings is 1.